The van der Waals surface area contributed by atoms with Gasteiger partial charge in [0, 0.05) is 17.8 Å². The van der Waals surface area contributed by atoms with Crippen molar-refractivity contribution in [2.75, 3.05) is 6.54 Å². The van der Waals surface area contributed by atoms with Gasteiger partial charge in [-0.2, -0.15) is 0 Å². The molecule has 0 unspecified atom stereocenters. The molecule has 0 aliphatic heterocycles. The maximum Gasteiger partial charge on any atom is 0.222 e. The number of hydrogen-bond acceptors (Lipinski definition) is 3. The molecule has 4 heteroatoms. The van der Waals surface area contributed by atoms with Gasteiger partial charge in [-0.1, -0.05) is 12.1 Å². The van der Waals surface area contributed by atoms with E-state index in [4.69, 9.17) is 10.5 Å². The van der Waals surface area contributed by atoms with Gasteiger partial charge >= 0.3 is 0 Å². The van der Waals surface area contributed by atoms with E-state index in [-0.39, 0.29) is 5.82 Å². The summed E-state index contributed by atoms with van der Waals surface area (Å²) in [6.07, 6.45) is 2.31. The maximum absolute atomic E-state index is 13.0. The van der Waals surface area contributed by atoms with E-state index >= 15 is 0 Å². The minimum absolute atomic E-state index is 0.334. The van der Waals surface area contributed by atoms with Gasteiger partial charge in [0.1, 0.15) is 11.6 Å². The minimum atomic E-state index is -0.334. The Kier molecular flexibility index (Phi) is 3.67. The summed E-state index contributed by atoms with van der Waals surface area (Å²) in [5.41, 5.74) is 6.42. The first-order valence-corrected chi connectivity index (χ1v) is 5.37. The van der Waals surface area contributed by atoms with Gasteiger partial charge in [0.2, 0.25) is 5.88 Å². The molecule has 17 heavy (non-hydrogen) atoms. The largest absolute Gasteiger partial charge is 0.439 e. The standard InChI is InChI=1S/C13H13FN2O/c14-11-4-1-5-12(9-11)17-13-10(6-7-15)3-2-8-16-13/h1-5,8-9H,6-7,15H2. The fourth-order valence-electron chi connectivity index (χ4n) is 1.50. The Labute approximate surface area is 99.1 Å². The molecule has 0 saturated heterocycles. The van der Waals surface area contributed by atoms with Crippen molar-refractivity contribution in [1.82, 2.24) is 4.98 Å². The van der Waals surface area contributed by atoms with Crippen LogP contribution in [0.4, 0.5) is 4.39 Å². The minimum Gasteiger partial charge on any atom is -0.439 e. The first-order valence-electron chi connectivity index (χ1n) is 5.37. The van der Waals surface area contributed by atoms with E-state index in [1.54, 1.807) is 18.3 Å². The summed E-state index contributed by atoms with van der Waals surface area (Å²) in [4.78, 5) is 4.12. The summed E-state index contributed by atoms with van der Waals surface area (Å²) in [6.45, 7) is 0.519. The number of halogens is 1. The van der Waals surface area contributed by atoms with E-state index in [0.717, 1.165) is 5.56 Å². The van der Waals surface area contributed by atoms with Gasteiger partial charge in [-0.3, -0.25) is 0 Å². The number of nitrogens with two attached hydrogens (primary N) is 1. The lowest BCUT2D eigenvalue weighted by Crippen LogP contribution is -2.04. The number of nitrogens with zero attached hydrogens (tertiary/aromatic N) is 1. The molecule has 1 aromatic carbocycles. The lowest BCUT2D eigenvalue weighted by molar-refractivity contribution is 0.451. The number of ether oxygens (including phenoxy) is 1. The number of benzene rings is 1. The Balaban J connectivity index is 2.23. The third kappa shape index (κ3) is 3.01. The van der Waals surface area contributed by atoms with Crippen LogP contribution in [0.1, 0.15) is 5.56 Å². The van der Waals surface area contributed by atoms with Gasteiger partial charge in [-0.25, -0.2) is 9.37 Å². The molecule has 0 spiro atoms. The van der Waals surface area contributed by atoms with Crippen LogP contribution in [0.5, 0.6) is 11.6 Å². The monoisotopic (exact) mass is 232 g/mol. The zero-order valence-electron chi connectivity index (χ0n) is 9.27. The third-order valence-corrected chi connectivity index (χ3v) is 2.27. The fourth-order valence-corrected chi connectivity index (χ4v) is 1.50. The molecule has 0 bridgehead atoms. The normalized spacial score (nSPS) is 10.2. The molecule has 2 aromatic rings. The lowest BCUT2D eigenvalue weighted by atomic mass is 10.2. The molecule has 1 heterocycles. The topological polar surface area (TPSA) is 48.1 Å². The van der Waals surface area contributed by atoms with Crippen LogP contribution in [0.15, 0.2) is 42.6 Å². The van der Waals surface area contributed by atoms with Gasteiger partial charge in [0.05, 0.1) is 0 Å². The Morgan fingerprint density at radius 3 is 2.88 bits per heavy atom. The van der Waals surface area contributed by atoms with Crippen molar-refractivity contribution in [3.63, 3.8) is 0 Å². The van der Waals surface area contributed by atoms with E-state index in [9.17, 15) is 4.39 Å². The van der Waals surface area contributed by atoms with Gasteiger partial charge in [-0.15, -0.1) is 0 Å². The molecule has 0 fully saturated rings. The van der Waals surface area contributed by atoms with Crippen LogP contribution in [0.3, 0.4) is 0 Å². The average molecular weight is 232 g/mol. The predicted molar refractivity (Wildman–Crippen MR) is 63.5 cm³/mol. The molecular formula is C13H13FN2O. The molecule has 0 radical (unpaired) electrons. The molecular weight excluding hydrogens is 219 g/mol. The number of pyridine rings is 1. The van der Waals surface area contributed by atoms with Crippen molar-refractivity contribution in [2.45, 2.75) is 6.42 Å². The van der Waals surface area contributed by atoms with E-state index in [1.807, 2.05) is 12.1 Å². The van der Waals surface area contributed by atoms with Gasteiger partial charge in [0.25, 0.3) is 0 Å². The zero-order valence-corrected chi connectivity index (χ0v) is 9.27. The van der Waals surface area contributed by atoms with Crippen LogP contribution in [-0.4, -0.2) is 11.5 Å². The highest BCUT2D eigenvalue weighted by molar-refractivity contribution is 5.32. The van der Waals surface area contributed by atoms with Gasteiger partial charge < -0.3 is 10.5 Å². The highest BCUT2D eigenvalue weighted by Crippen LogP contribution is 2.23. The Bertz CT molecular complexity index is 502. The lowest BCUT2D eigenvalue weighted by Gasteiger charge is -2.08. The zero-order chi connectivity index (χ0) is 12.1. The van der Waals surface area contributed by atoms with Crippen molar-refractivity contribution in [3.05, 3.63) is 54.0 Å². The van der Waals surface area contributed by atoms with Crippen molar-refractivity contribution in [1.29, 1.82) is 0 Å². The smallest absolute Gasteiger partial charge is 0.222 e. The first kappa shape index (κ1) is 11.5. The summed E-state index contributed by atoms with van der Waals surface area (Å²) in [5, 5.41) is 0. The van der Waals surface area contributed by atoms with Crippen LogP contribution in [-0.2, 0) is 6.42 Å². The SMILES string of the molecule is NCCc1cccnc1Oc1cccc(F)c1. The molecule has 2 rings (SSSR count). The van der Waals surface area contributed by atoms with E-state index in [2.05, 4.69) is 4.98 Å². The summed E-state index contributed by atoms with van der Waals surface area (Å²) in [7, 11) is 0. The van der Waals surface area contributed by atoms with Crippen molar-refractivity contribution in [3.8, 4) is 11.6 Å². The summed E-state index contributed by atoms with van der Waals surface area (Å²) in [5.74, 6) is 0.573. The fraction of sp³-hybridized carbons (Fsp3) is 0.154. The van der Waals surface area contributed by atoms with Crippen LogP contribution >= 0.6 is 0 Å². The predicted octanol–water partition coefficient (Wildman–Crippen LogP) is 2.51. The van der Waals surface area contributed by atoms with E-state index in [1.165, 1.54) is 12.1 Å². The second-order valence-corrected chi connectivity index (χ2v) is 3.57. The Hall–Kier alpha value is -1.94. The molecule has 0 aliphatic rings. The van der Waals surface area contributed by atoms with Gasteiger partial charge in [0.15, 0.2) is 0 Å². The molecule has 0 saturated carbocycles. The Morgan fingerprint density at radius 1 is 1.24 bits per heavy atom. The first-order chi connectivity index (χ1) is 8.29. The average Bonchev–Trinajstić information content (AvgIpc) is 2.32. The van der Waals surface area contributed by atoms with E-state index < -0.39 is 0 Å². The van der Waals surface area contributed by atoms with Crippen molar-refractivity contribution < 1.29 is 9.13 Å². The van der Waals surface area contributed by atoms with E-state index in [0.29, 0.717) is 24.6 Å². The van der Waals surface area contributed by atoms with Crippen LogP contribution in [0, 0.1) is 5.82 Å². The highest BCUT2D eigenvalue weighted by atomic mass is 19.1. The van der Waals surface area contributed by atoms with Gasteiger partial charge in [-0.05, 0) is 31.2 Å². The summed E-state index contributed by atoms with van der Waals surface area (Å²) >= 11 is 0. The molecule has 0 atom stereocenters. The Morgan fingerprint density at radius 2 is 2.12 bits per heavy atom. The van der Waals surface area contributed by atoms with Crippen LogP contribution in [0.25, 0.3) is 0 Å². The van der Waals surface area contributed by atoms with Crippen molar-refractivity contribution >= 4 is 0 Å². The third-order valence-electron chi connectivity index (χ3n) is 2.27. The second-order valence-electron chi connectivity index (χ2n) is 3.57. The number of aromatic nitrogens is 1. The second kappa shape index (κ2) is 5.41. The summed E-state index contributed by atoms with van der Waals surface area (Å²) in [6, 6.07) is 9.69. The molecule has 1 aromatic heterocycles. The molecule has 0 amide bonds. The molecule has 3 nitrogen and oxygen atoms in total. The number of rotatable bonds is 4. The van der Waals surface area contributed by atoms with Crippen molar-refractivity contribution in [2.24, 2.45) is 5.73 Å². The van der Waals surface area contributed by atoms with Crippen LogP contribution < -0.4 is 10.5 Å². The molecule has 0 aliphatic carbocycles. The maximum atomic E-state index is 13.0. The summed E-state index contributed by atoms with van der Waals surface area (Å²) < 4.78 is 18.5. The quantitative estimate of drug-likeness (QED) is 0.881. The molecule has 88 valence electrons. The molecule has 2 N–H and O–H groups in total. The highest BCUT2D eigenvalue weighted by Gasteiger charge is 2.05. The number of hydrogen-bond donors (Lipinski definition) is 1. The van der Waals surface area contributed by atoms with Crippen LogP contribution in [0.2, 0.25) is 0 Å².